The summed E-state index contributed by atoms with van der Waals surface area (Å²) in [6.45, 7) is 0. The molecular weight excluding hydrogens is 221 g/mol. The lowest BCUT2D eigenvalue weighted by Crippen LogP contribution is -1.95. The number of hydrogen-bond donors (Lipinski definition) is 0. The standard InChI is InChI=1S/C7H2Cl2F2N2/c8-4-1-3(2-12)13-6(5(4)9)7(10)11/h1,7H. The Morgan fingerprint density at radius 3 is 2.54 bits per heavy atom. The van der Waals surface area contributed by atoms with Crippen molar-refractivity contribution in [2.24, 2.45) is 0 Å². The first-order valence-corrected chi connectivity index (χ1v) is 3.86. The van der Waals surface area contributed by atoms with Gasteiger partial charge in [0.2, 0.25) is 0 Å². The second-order valence-electron chi connectivity index (χ2n) is 2.10. The molecule has 0 aliphatic carbocycles. The highest BCUT2D eigenvalue weighted by molar-refractivity contribution is 6.42. The Balaban J connectivity index is 3.35. The van der Waals surface area contributed by atoms with Crippen molar-refractivity contribution in [1.82, 2.24) is 4.98 Å². The predicted molar refractivity (Wildman–Crippen MR) is 43.9 cm³/mol. The highest BCUT2D eigenvalue weighted by atomic mass is 35.5. The molecule has 0 saturated heterocycles. The molecule has 0 atom stereocenters. The number of pyridine rings is 1. The summed E-state index contributed by atoms with van der Waals surface area (Å²) in [5.41, 5.74) is -0.838. The minimum atomic E-state index is -2.83. The van der Waals surface area contributed by atoms with Crippen molar-refractivity contribution < 1.29 is 8.78 Å². The molecule has 68 valence electrons. The summed E-state index contributed by atoms with van der Waals surface area (Å²) in [6.07, 6.45) is -2.83. The van der Waals surface area contributed by atoms with Gasteiger partial charge in [0, 0.05) is 0 Å². The molecule has 0 radical (unpaired) electrons. The SMILES string of the molecule is N#Cc1cc(Cl)c(Cl)c(C(F)F)n1. The predicted octanol–water partition coefficient (Wildman–Crippen LogP) is 3.20. The van der Waals surface area contributed by atoms with Crippen molar-refractivity contribution in [2.75, 3.05) is 0 Å². The van der Waals surface area contributed by atoms with E-state index in [0.29, 0.717) is 0 Å². The maximum atomic E-state index is 12.2. The molecule has 2 nitrogen and oxygen atoms in total. The van der Waals surface area contributed by atoms with Crippen molar-refractivity contribution in [3.8, 4) is 6.07 Å². The lowest BCUT2D eigenvalue weighted by Gasteiger charge is -2.03. The Morgan fingerprint density at radius 2 is 2.08 bits per heavy atom. The van der Waals surface area contributed by atoms with Gasteiger partial charge in [-0.15, -0.1) is 0 Å². The molecule has 0 amide bonds. The Bertz CT molecular complexity index is 373. The molecular formula is C7H2Cl2F2N2. The average Bonchev–Trinajstić information content (AvgIpc) is 2.09. The highest BCUT2D eigenvalue weighted by Crippen LogP contribution is 2.31. The number of aromatic nitrogens is 1. The fourth-order valence-electron chi connectivity index (χ4n) is 0.719. The van der Waals surface area contributed by atoms with Crippen molar-refractivity contribution in [1.29, 1.82) is 5.26 Å². The molecule has 0 bridgehead atoms. The first-order chi connectivity index (χ1) is 6.06. The Kier molecular flexibility index (Phi) is 3.02. The van der Waals surface area contributed by atoms with Gasteiger partial charge in [0.15, 0.2) is 0 Å². The van der Waals surface area contributed by atoms with E-state index in [-0.39, 0.29) is 15.7 Å². The van der Waals surface area contributed by atoms with Crippen LogP contribution in [0, 0.1) is 11.3 Å². The summed E-state index contributed by atoms with van der Waals surface area (Å²) < 4.78 is 24.4. The first-order valence-electron chi connectivity index (χ1n) is 3.10. The molecule has 0 aromatic carbocycles. The topological polar surface area (TPSA) is 36.7 Å². The molecule has 1 heterocycles. The molecule has 13 heavy (non-hydrogen) atoms. The van der Waals surface area contributed by atoms with Gasteiger partial charge in [-0.2, -0.15) is 5.26 Å². The lowest BCUT2D eigenvalue weighted by molar-refractivity contribution is 0.146. The van der Waals surface area contributed by atoms with E-state index in [0.717, 1.165) is 6.07 Å². The first kappa shape index (κ1) is 10.2. The van der Waals surface area contributed by atoms with Crippen LogP contribution in [0.15, 0.2) is 6.07 Å². The maximum absolute atomic E-state index is 12.2. The van der Waals surface area contributed by atoms with E-state index >= 15 is 0 Å². The number of alkyl halides is 2. The number of nitrogens with zero attached hydrogens (tertiary/aromatic N) is 2. The van der Waals surface area contributed by atoms with Crippen LogP contribution >= 0.6 is 23.2 Å². The van der Waals surface area contributed by atoms with Gasteiger partial charge >= 0.3 is 0 Å². The van der Waals surface area contributed by atoms with Crippen LogP contribution in [0.2, 0.25) is 10.0 Å². The van der Waals surface area contributed by atoms with E-state index in [2.05, 4.69) is 4.98 Å². The molecule has 1 aromatic heterocycles. The minimum absolute atomic E-state index is 0.0940. The number of rotatable bonds is 1. The number of halogens is 4. The Morgan fingerprint density at radius 1 is 1.46 bits per heavy atom. The average molecular weight is 223 g/mol. The van der Waals surface area contributed by atoms with Crippen molar-refractivity contribution in [3.05, 3.63) is 27.5 Å². The summed E-state index contributed by atoms with van der Waals surface area (Å²) in [6, 6.07) is 2.74. The monoisotopic (exact) mass is 222 g/mol. The van der Waals surface area contributed by atoms with Gasteiger partial charge in [-0.3, -0.25) is 0 Å². The highest BCUT2D eigenvalue weighted by Gasteiger charge is 2.17. The van der Waals surface area contributed by atoms with Crippen molar-refractivity contribution >= 4 is 23.2 Å². The third kappa shape index (κ3) is 2.06. The Labute approximate surface area is 82.7 Å². The quantitative estimate of drug-likeness (QED) is 0.732. The van der Waals surface area contributed by atoms with E-state index in [4.69, 9.17) is 28.5 Å². The zero-order valence-corrected chi connectivity index (χ0v) is 7.57. The molecule has 0 saturated carbocycles. The third-order valence-electron chi connectivity index (χ3n) is 1.26. The molecule has 0 fully saturated rings. The van der Waals surface area contributed by atoms with Gasteiger partial charge < -0.3 is 0 Å². The fourth-order valence-corrected chi connectivity index (χ4v) is 1.10. The van der Waals surface area contributed by atoms with Crippen LogP contribution in [0.4, 0.5) is 8.78 Å². The Hall–Kier alpha value is -0.920. The molecule has 0 aliphatic heterocycles. The van der Waals surface area contributed by atoms with Gasteiger partial charge in [-0.25, -0.2) is 13.8 Å². The molecule has 1 aromatic rings. The van der Waals surface area contributed by atoms with E-state index in [9.17, 15) is 8.78 Å². The molecule has 1 rings (SSSR count). The zero-order chi connectivity index (χ0) is 10.0. The second kappa shape index (κ2) is 3.86. The summed E-state index contributed by atoms with van der Waals surface area (Å²) >= 11 is 10.9. The van der Waals surface area contributed by atoms with Crippen LogP contribution in [-0.2, 0) is 0 Å². The van der Waals surface area contributed by atoms with Gasteiger partial charge in [-0.1, -0.05) is 23.2 Å². The molecule has 6 heteroatoms. The largest absolute Gasteiger partial charge is 0.281 e. The smallest absolute Gasteiger partial charge is 0.234 e. The van der Waals surface area contributed by atoms with Crippen LogP contribution in [0.5, 0.6) is 0 Å². The summed E-state index contributed by atoms with van der Waals surface area (Å²) in [7, 11) is 0. The van der Waals surface area contributed by atoms with E-state index in [1.807, 2.05) is 0 Å². The number of hydrogen-bond acceptors (Lipinski definition) is 2. The molecule has 0 spiro atoms. The van der Waals surface area contributed by atoms with E-state index in [1.54, 1.807) is 6.07 Å². The summed E-state index contributed by atoms with van der Waals surface area (Å²) in [4.78, 5) is 3.32. The summed E-state index contributed by atoms with van der Waals surface area (Å²) in [5, 5.41) is 8.00. The van der Waals surface area contributed by atoms with Gasteiger partial charge in [-0.05, 0) is 6.07 Å². The van der Waals surface area contributed by atoms with Crippen molar-refractivity contribution in [2.45, 2.75) is 6.43 Å². The molecule has 0 unspecified atom stereocenters. The van der Waals surface area contributed by atoms with Gasteiger partial charge in [0.1, 0.15) is 17.5 Å². The maximum Gasteiger partial charge on any atom is 0.281 e. The molecule has 0 N–H and O–H groups in total. The summed E-state index contributed by atoms with van der Waals surface area (Å²) in [5.74, 6) is 0. The third-order valence-corrected chi connectivity index (χ3v) is 2.05. The van der Waals surface area contributed by atoms with E-state index in [1.165, 1.54) is 0 Å². The van der Waals surface area contributed by atoms with Crippen LogP contribution in [-0.4, -0.2) is 4.98 Å². The molecule has 0 aliphatic rings. The van der Waals surface area contributed by atoms with Crippen molar-refractivity contribution in [3.63, 3.8) is 0 Å². The van der Waals surface area contributed by atoms with Crippen LogP contribution in [0.1, 0.15) is 17.8 Å². The van der Waals surface area contributed by atoms with Crippen LogP contribution < -0.4 is 0 Å². The second-order valence-corrected chi connectivity index (χ2v) is 2.89. The lowest BCUT2D eigenvalue weighted by atomic mass is 10.3. The van der Waals surface area contributed by atoms with E-state index < -0.39 is 12.1 Å². The number of nitriles is 1. The fraction of sp³-hybridized carbons (Fsp3) is 0.143. The van der Waals surface area contributed by atoms with Crippen LogP contribution in [0.3, 0.4) is 0 Å². The zero-order valence-electron chi connectivity index (χ0n) is 6.06. The van der Waals surface area contributed by atoms with Crippen LogP contribution in [0.25, 0.3) is 0 Å². The minimum Gasteiger partial charge on any atom is -0.234 e. The van der Waals surface area contributed by atoms with Gasteiger partial charge in [0.25, 0.3) is 6.43 Å². The van der Waals surface area contributed by atoms with Gasteiger partial charge in [0.05, 0.1) is 10.0 Å². The normalized spacial score (nSPS) is 10.2.